The van der Waals surface area contributed by atoms with Crippen LogP contribution < -0.4 is 4.90 Å². The number of hydrogen-bond acceptors (Lipinski definition) is 8. The summed E-state index contributed by atoms with van der Waals surface area (Å²) in [6.45, 7) is 13.7. The lowest BCUT2D eigenvalue weighted by Crippen LogP contribution is -2.60. The van der Waals surface area contributed by atoms with Crippen LogP contribution in [0.25, 0.3) is 21.8 Å². The zero-order chi connectivity index (χ0) is 37.5. The topological polar surface area (TPSA) is 102 Å². The van der Waals surface area contributed by atoms with E-state index in [2.05, 4.69) is 61.3 Å². The van der Waals surface area contributed by atoms with Gasteiger partial charge >= 0.3 is 6.18 Å². The van der Waals surface area contributed by atoms with Crippen LogP contribution in [0.5, 0.6) is 0 Å². The molecule has 3 fully saturated rings. The fourth-order valence-electron chi connectivity index (χ4n) is 8.58. The van der Waals surface area contributed by atoms with Crippen molar-refractivity contribution in [2.75, 3.05) is 63.0 Å². The van der Waals surface area contributed by atoms with Gasteiger partial charge in [-0.25, -0.2) is 18.4 Å². The molecule has 53 heavy (non-hydrogen) atoms. The molecule has 2 aromatic carbocycles. The number of nitriles is 1. The highest BCUT2D eigenvalue weighted by Gasteiger charge is 2.45. The Bertz CT molecular complexity index is 2100. The molecule has 3 saturated heterocycles. The summed E-state index contributed by atoms with van der Waals surface area (Å²) < 4.78 is 68.4. The van der Waals surface area contributed by atoms with E-state index in [0.29, 0.717) is 61.6 Å². The number of hydrogen-bond donors (Lipinski definition) is 0. The third-order valence-electron chi connectivity index (χ3n) is 11.8. The molecule has 0 bridgehead atoms. The first-order valence-electron chi connectivity index (χ1n) is 18.8. The molecule has 1 unspecified atom stereocenters. The first-order valence-corrected chi connectivity index (χ1v) is 20.4. The van der Waals surface area contributed by atoms with Crippen molar-refractivity contribution >= 4 is 37.6 Å². The molecule has 1 atom stereocenters. The Morgan fingerprint density at radius 3 is 2.40 bits per heavy atom. The van der Waals surface area contributed by atoms with Crippen LogP contribution in [-0.2, 0) is 29.5 Å². The molecular weight excluding hydrogens is 702 g/mol. The van der Waals surface area contributed by atoms with Crippen molar-refractivity contribution in [3.63, 3.8) is 0 Å². The van der Waals surface area contributed by atoms with Gasteiger partial charge in [-0.1, -0.05) is 25.5 Å². The average Bonchev–Trinajstić information content (AvgIpc) is 3.48. The number of anilines is 1. The molecule has 5 heterocycles. The van der Waals surface area contributed by atoms with Crippen LogP contribution in [0, 0.1) is 23.7 Å². The minimum Gasteiger partial charge on any atom is -0.355 e. The van der Waals surface area contributed by atoms with Gasteiger partial charge in [-0.2, -0.15) is 22.7 Å². The number of aromatic nitrogens is 3. The number of alkyl halides is 3. The number of rotatable bonds is 11. The molecule has 3 aliphatic rings. The minimum atomic E-state index is -4.27. The summed E-state index contributed by atoms with van der Waals surface area (Å²) in [5, 5.41) is 11.9. The van der Waals surface area contributed by atoms with Crippen LogP contribution in [0.2, 0.25) is 0 Å². The molecule has 7 rings (SSSR count). The molecule has 3 aliphatic heterocycles. The molecule has 14 heteroatoms. The normalized spacial score (nSPS) is 19.5. The van der Waals surface area contributed by atoms with Crippen LogP contribution in [0.4, 0.5) is 19.0 Å². The van der Waals surface area contributed by atoms with E-state index in [4.69, 9.17) is 0 Å². The second-order valence-corrected chi connectivity index (χ2v) is 17.5. The van der Waals surface area contributed by atoms with E-state index in [0.717, 1.165) is 62.9 Å². The number of aryl methyl sites for hydroxylation is 1. The smallest absolute Gasteiger partial charge is 0.355 e. The number of fused-ring (bicyclic) bond motifs is 2. The molecule has 0 saturated carbocycles. The molecule has 0 N–H and O–H groups in total. The molecule has 0 amide bonds. The molecule has 4 aromatic rings. The Kier molecular flexibility index (Phi) is 10.5. The van der Waals surface area contributed by atoms with Gasteiger partial charge in [0.05, 0.1) is 17.7 Å². The highest BCUT2D eigenvalue weighted by Crippen LogP contribution is 2.44. The highest BCUT2D eigenvalue weighted by atomic mass is 32.2. The van der Waals surface area contributed by atoms with Gasteiger partial charge in [-0.3, -0.25) is 9.80 Å². The third kappa shape index (κ3) is 7.90. The fourth-order valence-corrected chi connectivity index (χ4v) is 10.2. The van der Waals surface area contributed by atoms with Crippen molar-refractivity contribution in [2.24, 2.45) is 5.41 Å². The van der Waals surface area contributed by atoms with E-state index in [-0.39, 0.29) is 22.8 Å². The Morgan fingerprint density at radius 1 is 0.981 bits per heavy atom. The van der Waals surface area contributed by atoms with Gasteiger partial charge in [0.1, 0.15) is 23.9 Å². The van der Waals surface area contributed by atoms with Crippen molar-refractivity contribution in [1.29, 1.82) is 5.26 Å². The summed E-state index contributed by atoms with van der Waals surface area (Å²) in [5.41, 5.74) is 5.16. The first kappa shape index (κ1) is 37.5. The number of benzene rings is 2. The lowest BCUT2D eigenvalue weighted by molar-refractivity contribution is -0.127. The van der Waals surface area contributed by atoms with Crippen LogP contribution in [0.3, 0.4) is 0 Å². The second-order valence-electron chi connectivity index (χ2n) is 15.5. The number of piperidine rings is 1. The molecule has 284 valence electrons. The van der Waals surface area contributed by atoms with E-state index < -0.39 is 22.6 Å². The van der Waals surface area contributed by atoms with Gasteiger partial charge in [0.2, 0.25) is 10.0 Å². The van der Waals surface area contributed by atoms with Gasteiger partial charge in [-0.05, 0) is 87.2 Å². The van der Waals surface area contributed by atoms with Crippen molar-refractivity contribution in [3.05, 3.63) is 65.1 Å². The predicted octanol–water partition coefficient (Wildman–Crippen LogP) is 6.11. The summed E-state index contributed by atoms with van der Waals surface area (Å²) >= 11 is 0. The Hall–Kier alpha value is -3.77. The number of unbranched alkanes of at least 4 members (excludes halogenated alkanes) is 1. The third-order valence-corrected chi connectivity index (χ3v) is 13.8. The predicted molar refractivity (Wildman–Crippen MR) is 201 cm³/mol. The lowest BCUT2D eigenvalue weighted by atomic mass is 9.72. The van der Waals surface area contributed by atoms with Gasteiger partial charge in [0.15, 0.2) is 0 Å². The van der Waals surface area contributed by atoms with E-state index in [1.165, 1.54) is 23.5 Å². The maximum absolute atomic E-state index is 13.1. The summed E-state index contributed by atoms with van der Waals surface area (Å²) in [5.74, 6) is 0.924. The van der Waals surface area contributed by atoms with E-state index in [9.17, 15) is 26.9 Å². The number of halogens is 3. The first-order chi connectivity index (χ1) is 25.3. The quantitative estimate of drug-likeness (QED) is 0.181. The highest BCUT2D eigenvalue weighted by molar-refractivity contribution is 7.89. The van der Waals surface area contributed by atoms with Crippen LogP contribution >= 0.6 is 0 Å². The molecule has 1 spiro atoms. The lowest BCUT2D eigenvalue weighted by Gasteiger charge is -2.54. The Balaban J connectivity index is 0.963. The molecule has 10 nitrogen and oxygen atoms in total. The minimum absolute atomic E-state index is 0.140. The number of nitrogens with zero attached hydrogens (tertiary/aromatic N) is 8. The maximum atomic E-state index is 13.1. The zero-order valence-corrected chi connectivity index (χ0v) is 31.7. The zero-order valence-electron chi connectivity index (χ0n) is 30.9. The molecule has 0 radical (unpaired) electrons. The van der Waals surface area contributed by atoms with Crippen molar-refractivity contribution in [3.8, 4) is 6.07 Å². The summed E-state index contributed by atoms with van der Waals surface area (Å²) in [4.78, 5) is 15.8. The molecule has 0 aliphatic carbocycles. The van der Waals surface area contributed by atoms with E-state index >= 15 is 0 Å². The SMILES string of the molecule is CCCCS(=O)(=O)N1CCN(C(C)Cn2c(C#N)cc3c(C)c(CN4CCC5(CC4)CN(c4ncnc6ccc(CC(F)(F)F)cc46)C5)ccc32)CC1. The molecule has 2 aromatic heterocycles. The molecular formula is C39H49F3N8O2S. The van der Waals surface area contributed by atoms with Gasteiger partial charge in [-0.15, -0.1) is 0 Å². The standard InChI is InChI=1S/C39H49F3N8O2S/c1-4-5-18-53(51,52)49-16-14-47(15-17-49)28(2)23-50-32(22-43)20-33-29(3)31(7-9-36(33)50)24-46-12-10-38(11-13-46)25-48(26-38)37-34-19-30(21-39(40,41)42)6-8-35(34)44-27-45-37/h6-9,19-20,27-28H,4-5,10-18,21,23-26H2,1-3H3. The van der Waals surface area contributed by atoms with Crippen molar-refractivity contribution in [2.45, 2.75) is 78.2 Å². The fraction of sp³-hybridized carbons (Fsp3) is 0.564. The summed E-state index contributed by atoms with van der Waals surface area (Å²) in [6.07, 6.45) is -0.122. The summed E-state index contributed by atoms with van der Waals surface area (Å²) in [7, 11) is -3.21. The van der Waals surface area contributed by atoms with Crippen LogP contribution in [-0.4, -0.2) is 107 Å². The van der Waals surface area contributed by atoms with Gasteiger partial charge in [0.25, 0.3) is 0 Å². The largest absolute Gasteiger partial charge is 0.393 e. The number of sulfonamides is 1. The second kappa shape index (κ2) is 14.8. The Morgan fingerprint density at radius 2 is 1.72 bits per heavy atom. The van der Waals surface area contributed by atoms with E-state index in [1.807, 2.05) is 13.0 Å². The van der Waals surface area contributed by atoms with E-state index in [1.54, 1.807) is 16.4 Å². The Labute approximate surface area is 310 Å². The van der Waals surface area contributed by atoms with Crippen molar-refractivity contribution < 1.29 is 21.6 Å². The average molecular weight is 751 g/mol. The van der Waals surface area contributed by atoms with Gasteiger partial charge in [0, 0.05) is 80.1 Å². The van der Waals surface area contributed by atoms with Crippen molar-refractivity contribution in [1.82, 2.24) is 28.6 Å². The van der Waals surface area contributed by atoms with Gasteiger partial charge < -0.3 is 9.47 Å². The summed E-state index contributed by atoms with van der Waals surface area (Å²) in [6, 6.07) is 13.6. The van der Waals surface area contributed by atoms with Crippen LogP contribution in [0.15, 0.2) is 42.7 Å². The monoisotopic (exact) mass is 750 g/mol. The number of likely N-dealkylation sites (tertiary alicyclic amines) is 1. The van der Waals surface area contributed by atoms with Crippen LogP contribution in [0.1, 0.15) is 61.9 Å². The maximum Gasteiger partial charge on any atom is 0.393 e. The number of piperazine rings is 1.